The molecule has 0 fully saturated rings. The van der Waals surface area contributed by atoms with Crippen molar-refractivity contribution in [2.75, 3.05) is 13.1 Å². The van der Waals surface area contributed by atoms with E-state index in [4.69, 9.17) is 0 Å². The third-order valence-corrected chi connectivity index (χ3v) is 3.35. The van der Waals surface area contributed by atoms with Crippen LogP contribution < -0.4 is 5.32 Å². The Morgan fingerprint density at radius 2 is 1.61 bits per heavy atom. The maximum Gasteiger partial charge on any atom is 0.00176 e. The highest BCUT2D eigenvalue weighted by molar-refractivity contribution is 5.83. The predicted octanol–water partition coefficient (Wildman–Crippen LogP) is 4.19. The molecule has 0 aromatic heterocycles. The van der Waals surface area contributed by atoms with Crippen LogP contribution in [0, 0.1) is 5.92 Å². The third kappa shape index (κ3) is 3.33. The maximum atomic E-state index is 3.53. The zero-order valence-electron chi connectivity index (χ0n) is 11.6. The van der Waals surface area contributed by atoms with Gasteiger partial charge in [-0.05, 0) is 34.7 Å². The van der Waals surface area contributed by atoms with Gasteiger partial charge in [0.2, 0.25) is 0 Å². The number of rotatable bonds is 5. The number of fused-ring (bicyclic) bond motifs is 1. The molecule has 1 unspecified atom stereocenters. The van der Waals surface area contributed by atoms with Gasteiger partial charge in [0.25, 0.3) is 0 Å². The SMILES string of the molecule is CC(C)CNCC(C)c1ccc2ccccc2c1. The lowest BCUT2D eigenvalue weighted by molar-refractivity contribution is 0.529. The van der Waals surface area contributed by atoms with Gasteiger partial charge in [-0.25, -0.2) is 0 Å². The molecule has 0 aliphatic carbocycles. The summed E-state index contributed by atoms with van der Waals surface area (Å²) >= 11 is 0. The topological polar surface area (TPSA) is 12.0 Å². The van der Waals surface area contributed by atoms with E-state index >= 15 is 0 Å². The second kappa shape index (κ2) is 6.01. The van der Waals surface area contributed by atoms with E-state index in [-0.39, 0.29) is 0 Å². The normalized spacial score (nSPS) is 13.1. The van der Waals surface area contributed by atoms with Crippen molar-refractivity contribution in [3.63, 3.8) is 0 Å². The van der Waals surface area contributed by atoms with Crippen LogP contribution in [0.25, 0.3) is 10.8 Å². The van der Waals surface area contributed by atoms with Crippen LogP contribution in [0.5, 0.6) is 0 Å². The summed E-state index contributed by atoms with van der Waals surface area (Å²) < 4.78 is 0. The summed E-state index contributed by atoms with van der Waals surface area (Å²) in [6.45, 7) is 8.92. The van der Waals surface area contributed by atoms with E-state index in [1.165, 1.54) is 16.3 Å². The van der Waals surface area contributed by atoms with Gasteiger partial charge in [-0.3, -0.25) is 0 Å². The summed E-state index contributed by atoms with van der Waals surface area (Å²) in [6.07, 6.45) is 0. The average Bonchev–Trinajstić information content (AvgIpc) is 2.37. The first-order chi connectivity index (χ1) is 8.66. The maximum absolute atomic E-state index is 3.53. The molecule has 0 saturated carbocycles. The molecule has 96 valence electrons. The summed E-state index contributed by atoms with van der Waals surface area (Å²) in [5.41, 5.74) is 1.42. The summed E-state index contributed by atoms with van der Waals surface area (Å²) in [5.74, 6) is 1.28. The van der Waals surface area contributed by atoms with Gasteiger partial charge in [0.15, 0.2) is 0 Å². The van der Waals surface area contributed by atoms with E-state index in [9.17, 15) is 0 Å². The Balaban J connectivity index is 2.06. The Labute approximate surface area is 110 Å². The average molecular weight is 241 g/mol. The molecule has 0 spiro atoms. The molecule has 1 N–H and O–H groups in total. The zero-order chi connectivity index (χ0) is 13.0. The molecule has 0 bridgehead atoms. The predicted molar refractivity (Wildman–Crippen MR) is 80.1 cm³/mol. The van der Waals surface area contributed by atoms with E-state index in [2.05, 4.69) is 68.6 Å². The Kier molecular flexibility index (Phi) is 4.38. The highest BCUT2D eigenvalue weighted by atomic mass is 14.9. The first-order valence-corrected chi connectivity index (χ1v) is 6.86. The van der Waals surface area contributed by atoms with Gasteiger partial charge in [0.1, 0.15) is 0 Å². The summed E-state index contributed by atoms with van der Waals surface area (Å²) in [6, 6.07) is 15.3. The lowest BCUT2D eigenvalue weighted by atomic mass is 9.97. The van der Waals surface area contributed by atoms with Gasteiger partial charge >= 0.3 is 0 Å². The first kappa shape index (κ1) is 13.1. The second-order valence-corrected chi connectivity index (χ2v) is 5.56. The Morgan fingerprint density at radius 1 is 0.889 bits per heavy atom. The van der Waals surface area contributed by atoms with Crippen molar-refractivity contribution in [2.45, 2.75) is 26.7 Å². The van der Waals surface area contributed by atoms with Gasteiger partial charge in [-0.2, -0.15) is 0 Å². The van der Waals surface area contributed by atoms with E-state index in [0.29, 0.717) is 11.8 Å². The second-order valence-electron chi connectivity index (χ2n) is 5.56. The van der Waals surface area contributed by atoms with Crippen LogP contribution in [0.3, 0.4) is 0 Å². The minimum absolute atomic E-state index is 0.563. The van der Waals surface area contributed by atoms with Crippen molar-refractivity contribution in [3.05, 3.63) is 48.0 Å². The van der Waals surface area contributed by atoms with Crippen molar-refractivity contribution in [1.82, 2.24) is 5.32 Å². The molecule has 0 saturated heterocycles. The van der Waals surface area contributed by atoms with E-state index in [0.717, 1.165) is 13.1 Å². The van der Waals surface area contributed by atoms with Crippen LogP contribution >= 0.6 is 0 Å². The highest BCUT2D eigenvalue weighted by Crippen LogP contribution is 2.21. The number of benzene rings is 2. The molecule has 2 aromatic carbocycles. The largest absolute Gasteiger partial charge is 0.316 e. The molecule has 1 nitrogen and oxygen atoms in total. The van der Waals surface area contributed by atoms with Crippen molar-refractivity contribution in [2.24, 2.45) is 5.92 Å². The van der Waals surface area contributed by atoms with E-state index in [1.807, 2.05) is 0 Å². The molecule has 2 aromatic rings. The molecule has 1 atom stereocenters. The van der Waals surface area contributed by atoms with Gasteiger partial charge < -0.3 is 5.32 Å². The minimum atomic E-state index is 0.563. The monoisotopic (exact) mass is 241 g/mol. The Hall–Kier alpha value is -1.34. The molecule has 2 rings (SSSR count). The zero-order valence-corrected chi connectivity index (χ0v) is 11.6. The molecular weight excluding hydrogens is 218 g/mol. The van der Waals surface area contributed by atoms with Crippen molar-refractivity contribution >= 4 is 10.8 Å². The summed E-state index contributed by atoms with van der Waals surface area (Å²) in [4.78, 5) is 0. The quantitative estimate of drug-likeness (QED) is 0.827. The van der Waals surface area contributed by atoms with E-state index in [1.54, 1.807) is 0 Å². The van der Waals surface area contributed by atoms with Crippen LogP contribution in [0.2, 0.25) is 0 Å². The van der Waals surface area contributed by atoms with Gasteiger partial charge in [-0.15, -0.1) is 0 Å². The van der Waals surface area contributed by atoms with Crippen LogP contribution in [0.15, 0.2) is 42.5 Å². The van der Waals surface area contributed by atoms with Crippen LogP contribution in [0.4, 0.5) is 0 Å². The smallest absolute Gasteiger partial charge is 0.00176 e. The highest BCUT2D eigenvalue weighted by Gasteiger charge is 2.06. The fourth-order valence-corrected chi connectivity index (χ4v) is 2.22. The van der Waals surface area contributed by atoms with E-state index < -0.39 is 0 Å². The van der Waals surface area contributed by atoms with Crippen LogP contribution in [-0.2, 0) is 0 Å². The molecular formula is C17H23N. The number of nitrogens with one attached hydrogen (secondary N) is 1. The van der Waals surface area contributed by atoms with Crippen LogP contribution in [-0.4, -0.2) is 13.1 Å². The summed E-state index contributed by atoms with van der Waals surface area (Å²) in [7, 11) is 0. The lowest BCUT2D eigenvalue weighted by Gasteiger charge is -2.15. The molecule has 1 heteroatoms. The molecule has 0 aliphatic heterocycles. The van der Waals surface area contributed by atoms with Crippen molar-refractivity contribution in [3.8, 4) is 0 Å². The fraction of sp³-hybridized carbons (Fsp3) is 0.412. The molecule has 0 radical (unpaired) electrons. The molecule has 18 heavy (non-hydrogen) atoms. The third-order valence-electron chi connectivity index (χ3n) is 3.35. The Morgan fingerprint density at radius 3 is 2.33 bits per heavy atom. The van der Waals surface area contributed by atoms with Gasteiger partial charge in [-0.1, -0.05) is 63.2 Å². The molecule has 0 aliphatic rings. The van der Waals surface area contributed by atoms with Gasteiger partial charge in [0, 0.05) is 6.54 Å². The first-order valence-electron chi connectivity index (χ1n) is 6.86. The van der Waals surface area contributed by atoms with Crippen LogP contribution in [0.1, 0.15) is 32.3 Å². The molecule has 0 heterocycles. The lowest BCUT2D eigenvalue weighted by Crippen LogP contribution is -2.24. The number of hydrogen-bond donors (Lipinski definition) is 1. The van der Waals surface area contributed by atoms with Crippen molar-refractivity contribution < 1.29 is 0 Å². The fourth-order valence-electron chi connectivity index (χ4n) is 2.22. The standard InChI is InChI=1S/C17H23N/c1-13(2)11-18-12-14(3)16-9-8-15-6-4-5-7-17(15)10-16/h4-10,13-14,18H,11-12H2,1-3H3. The molecule has 0 amide bonds. The van der Waals surface area contributed by atoms with Crippen molar-refractivity contribution in [1.29, 1.82) is 0 Å². The van der Waals surface area contributed by atoms with Gasteiger partial charge in [0.05, 0.1) is 0 Å². The summed E-state index contributed by atoms with van der Waals surface area (Å²) in [5, 5.41) is 6.19. The number of hydrogen-bond acceptors (Lipinski definition) is 1. The minimum Gasteiger partial charge on any atom is -0.316 e. The Bertz CT molecular complexity index is 502.